The number of nitrogens with zero attached hydrogens (tertiary/aromatic N) is 4. The van der Waals surface area contributed by atoms with Crippen LogP contribution in [0.3, 0.4) is 0 Å². The van der Waals surface area contributed by atoms with Crippen LogP contribution in [0, 0.1) is 0 Å². The molecular formula is C23H24N4O. The highest BCUT2D eigenvalue weighted by Gasteiger charge is 2.29. The van der Waals surface area contributed by atoms with Gasteiger partial charge in [-0.05, 0) is 37.2 Å². The highest BCUT2D eigenvalue weighted by atomic mass is 16.3. The van der Waals surface area contributed by atoms with Crippen LogP contribution in [-0.4, -0.2) is 38.1 Å². The van der Waals surface area contributed by atoms with Gasteiger partial charge in [0, 0.05) is 6.04 Å². The fourth-order valence-electron chi connectivity index (χ4n) is 3.62. The molecular weight excluding hydrogens is 348 g/mol. The van der Waals surface area contributed by atoms with Crippen molar-refractivity contribution in [2.45, 2.75) is 25.2 Å². The number of fused-ring (bicyclic) bond motifs is 1. The first-order valence-corrected chi connectivity index (χ1v) is 9.46. The van der Waals surface area contributed by atoms with Crippen LogP contribution in [0.25, 0.3) is 11.0 Å². The first-order valence-electron chi connectivity index (χ1n) is 9.46. The summed E-state index contributed by atoms with van der Waals surface area (Å²) in [7, 11) is 2.02. The lowest BCUT2D eigenvalue weighted by molar-refractivity contribution is 0.0378. The molecule has 0 aliphatic rings. The maximum absolute atomic E-state index is 11.0. The fourth-order valence-corrected chi connectivity index (χ4v) is 3.62. The summed E-state index contributed by atoms with van der Waals surface area (Å²) in [6.07, 6.45) is -0.811. The molecule has 0 bridgehead atoms. The molecule has 0 amide bonds. The average molecular weight is 372 g/mol. The summed E-state index contributed by atoms with van der Waals surface area (Å²) in [6.45, 7) is 2.03. The van der Waals surface area contributed by atoms with Crippen LogP contribution in [0.2, 0.25) is 0 Å². The third-order valence-electron chi connectivity index (χ3n) is 5.33. The normalized spacial score (nSPS) is 14.9. The van der Waals surface area contributed by atoms with Crippen LogP contribution in [0.4, 0.5) is 0 Å². The van der Waals surface area contributed by atoms with Crippen molar-refractivity contribution in [1.29, 1.82) is 0 Å². The molecule has 1 heterocycles. The van der Waals surface area contributed by atoms with Gasteiger partial charge in [-0.3, -0.25) is 4.90 Å². The Hall–Kier alpha value is -3.02. The predicted molar refractivity (Wildman–Crippen MR) is 111 cm³/mol. The molecule has 3 aromatic carbocycles. The van der Waals surface area contributed by atoms with Gasteiger partial charge in [0.2, 0.25) is 0 Å². The second kappa shape index (κ2) is 7.92. The van der Waals surface area contributed by atoms with E-state index in [9.17, 15) is 5.11 Å². The van der Waals surface area contributed by atoms with Crippen LogP contribution in [0.1, 0.15) is 30.3 Å². The number of benzene rings is 3. The summed E-state index contributed by atoms with van der Waals surface area (Å²) < 4.78 is 1.93. The highest BCUT2D eigenvalue weighted by Crippen LogP contribution is 2.30. The molecule has 3 unspecified atom stereocenters. The summed E-state index contributed by atoms with van der Waals surface area (Å²) in [6, 6.07) is 27.8. The van der Waals surface area contributed by atoms with Crippen LogP contribution in [0.15, 0.2) is 84.9 Å². The number of hydrogen-bond donors (Lipinski definition) is 1. The van der Waals surface area contributed by atoms with E-state index in [1.54, 1.807) is 0 Å². The number of para-hydroxylation sites is 1. The zero-order valence-electron chi connectivity index (χ0n) is 16.1. The standard InChI is InChI=1S/C23H24N4O/c1-17(22(28)18-11-5-3-6-12-18)26(2)23(19-13-7-4-8-14-19)27-21-16-10-9-15-20(21)24-25-27/h3-17,22-23,28H,1-2H3. The van der Waals surface area contributed by atoms with Crippen molar-refractivity contribution >= 4 is 11.0 Å². The van der Waals surface area contributed by atoms with Crippen LogP contribution < -0.4 is 0 Å². The molecule has 0 aliphatic carbocycles. The summed E-state index contributed by atoms with van der Waals surface area (Å²) >= 11 is 0. The van der Waals surface area contributed by atoms with Crippen LogP contribution in [0.5, 0.6) is 0 Å². The highest BCUT2D eigenvalue weighted by molar-refractivity contribution is 5.74. The molecule has 0 radical (unpaired) electrons. The lowest BCUT2D eigenvalue weighted by Crippen LogP contribution is -2.40. The number of hydrogen-bond acceptors (Lipinski definition) is 4. The van der Waals surface area contributed by atoms with Crippen molar-refractivity contribution in [3.8, 4) is 0 Å². The topological polar surface area (TPSA) is 54.2 Å². The smallest absolute Gasteiger partial charge is 0.132 e. The summed E-state index contributed by atoms with van der Waals surface area (Å²) in [5, 5.41) is 19.8. The molecule has 0 aliphatic heterocycles. The molecule has 1 aromatic heterocycles. The van der Waals surface area contributed by atoms with Crippen molar-refractivity contribution in [3.63, 3.8) is 0 Å². The Balaban J connectivity index is 1.75. The van der Waals surface area contributed by atoms with E-state index >= 15 is 0 Å². The van der Waals surface area contributed by atoms with E-state index in [1.807, 2.05) is 91.4 Å². The Morgan fingerprint density at radius 3 is 2.07 bits per heavy atom. The van der Waals surface area contributed by atoms with Gasteiger partial charge in [0.05, 0.1) is 11.6 Å². The van der Waals surface area contributed by atoms with E-state index in [-0.39, 0.29) is 12.2 Å². The monoisotopic (exact) mass is 372 g/mol. The minimum Gasteiger partial charge on any atom is -0.387 e. The van der Waals surface area contributed by atoms with E-state index in [2.05, 4.69) is 27.3 Å². The first kappa shape index (κ1) is 18.3. The summed E-state index contributed by atoms with van der Waals surface area (Å²) in [5.41, 5.74) is 3.81. The van der Waals surface area contributed by atoms with Crippen molar-refractivity contribution in [3.05, 3.63) is 96.1 Å². The zero-order valence-corrected chi connectivity index (χ0v) is 16.1. The van der Waals surface area contributed by atoms with Gasteiger partial charge in [-0.15, -0.1) is 5.10 Å². The van der Waals surface area contributed by atoms with E-state index in [4.69, 9.17) is 0 Å². The predicted octanol–water partition coefficient (Wildman–Crippen LogP) is 4.03. The largest absolute Gasteiger partial charge is 0.387 e. The van der Waals surface area contributed by atoms with E-state index < -0.39 is 6.10 Å². The quantitative estimate of drug-likeness (QED) is 0.555. The molecule has 1 N–H and O–H groups in total. The van der Waals surface area contributed by atoms with Gasteiger partial charge >= 0.3 is 0 Å². The minimum atomic E-state index is -0.618. The van der Waals surface area contributed by atoms with Gasteiger partial charge in [0.1, 0.15) is 11.7 Å². The number of aromatic nitrogens is 3. The molecule has 0 saturated carbocycles. The number of aliphatic hydroxyl groups excluding tert-OH is 1. The molecule has 0 saturated heterocycles. The Morgan fingerprint density at radius 1 is 0.821 bits per heavy atom. The van der Waals surface area contributed by atoms with Gasteiger partial charge in [0.25, 0.3) is 0 Å². The van der Waals surface area contributed by atoms with Gasteiger partial charge < -0.3 is 5.11 Å². The Kier molecular flexibility index (Phi) is 5.19. The second-order valence-corrected chi connectivity index (χ2v) is 7.07. The van der Waals surface area contributed by atoms with Crippen molar-refractivity contribution in [1.82, 2.24) is 19.9 Å². The third kappa shape index (κ3) is 3.42. The minimum absolute atomic E-state index is 0.143. The maximum atomic E-state index is 11.0. The number of aliphatic hydroxyl groups is 1. The van der Waals surface area contributed by atoms with Gasteiger partial charge in [-0.1, -0.05) is 78.0 Å². The van der Waals surface area contributed by atoms with Crippen LogP contribution >= 0.6 is 0 Å². The Labute approximate surface area is 164 Å². The van der Waals surface area contributed by atoms with E-state index in [0.717, 1.165) is 22.2 Å². The van der Waals surface area contributed by atoms with E-state index in [0.29, 0.717) is 0 Å². The Morgan fingerprint density at radius 2 is 1.39 bits per heavy atom. The van der Waals surface area contributed by atoms with Crippen molar-refractivity contribution in [2.75, 3.05) is 7.05 Å². The average Bonchev–Trinajstić information content (AvgIpc) is 3.18. The molecule has 5 heteroatoms. The molecule has 142 valence electrons. The lowest BCUT2D eigenvalue weighted by Gasteiger charge is -2.36. The zero-order chi connectivity index (χ0) is 19.5. The van der Waals surface area contributed by atoms with Crippen LogP contribution in [-0.2, 0) is 0 Å². The molecule has 3 atom stereocenters. The van der Waals surface area contributed by atoms with Crippen molar-refractivity contribution < 1.29 is 5.11 Å². The number of likely N-dealkylation sites (N-methyl/N-ethyl adjacent to an activating group) is 1. The fraction of sp³-hybridized carbons (Fsp3) is 0.217. The first-order chi connectivity index (χ1) is 13.7. The molecule has 4 aromatic rings. The van der Waals surface area contributed by atoms with E-state index in [1.165, 1.54) is 0 Å². The Bertz CT molecular complexity index is 1030. The molecule has 28 heavy (non-hydrogen) atoms. The number of rotatable bonds is 6. The summed E-state index contributed by atoms with van der Waals surface area (Å²) in [5.74, 6) is 0. The molecule has 4 rings (SSSR count). The lowest BCUT2D eigenvalue weighted by atomic mass is 10.0. The van der Waals surface area contributed by atoms with Gasteiger partial charge in [-0.25, -0.2) is 4.68 Å². The van der Waals surface area contributed by atoms with Gasteiger partial charge in [0.15, 0.2) is 0 Å². The third-order valence-corrected chi connectivity index (χ3v) is 5.33. The van der Waals surface area contributed by atoms with Crippen molar-refractivity contribution in [2.24, 2.45) is 0 Å². The van der Waals surface area contributed by atoms with Gasteiger partial charge in [-0.2, -0.15) is 0 Å². The second-order valence-electron chi connectivity index (χ2n) is 7.07. The maximum Gasteiger partial charge on any atom is 0.132 e. The SMILES string of the molecule is CC(C(O)c1ccccc1)N(C)C(c1ccccc1)n1nnc2ccccc21. The molecule has 0 spiro atoms. The summed E-state index contributed by atoms with van der Waals surface area (Å²) in [4.78, 5) is 2.15. The molecule has 5 nitrogen and oxygen atoms in total. The molecule has 0 fully saturated rings.